The Bertz CT molecular complexity index is 906. The number of hydrogen-bond acceptors (Lipinski definition) is 1. The highest BCUT2D eigenvalue weighted by molar-refractivity contribution is 5.69. The molecule has 0 aliphatic heterocycles. The molecule has 0 spiro atoms. The van der Waals surface area contributed by atoms with Crippen molar-refractivity contribution in [3.8, 4) is 22.6 Å². The lowest BCUT2D eigenvalue weighted by Gasteiger charge is -2.03. The first-order valence-corrected chi connectivity index (χ1v) is 8.17. The Morgan fingerprint density at radius 2 is 1.12 bits per heavy atom. The summed E-state index contributed by atoms with van der Waals surface area (Å²) >= 11 is 0. The van der Waals surface area contributed by atoms with Crippen molar-refractivity contribution in [2.75, 3.05) is 0 Å². The Kier molecular flexibility index (Phi) is 3.99. The molecule has 4 aromatic rings. The summed E-state index contributed by atoms with van der Waals surface area (Å²) in [5.41, 5.74) is 4.72. The predicted octanol–water partition coefficient (Wildman–Crippen LogP) is 6.20. The Morgan fingerprint density at radius 3 is 1.75 bits per heavy atom. The molecule has 0 N–H and O–H groups in total. The summed E-state index contributed by atoms with van der Waals surface area (Å²) in [6.07, 6.45) is 0.863. The van der Waals surface area contributed by atoms with Crippen LogP contribution in [0.15, 0.2) is 101 Å². The van der Waals surface area contributed by atoms with Crippen LogP contribution < -0.4 is 0 Å². The lowest BCUT2D eigenvalue weighted by molar-refractivity contribution is 0.595. The summed E-state index contributed by atoms with van der Waals surface area (Å²) in [6, 6.07) is 33.3. The fourth-order valence-electron chi connectivity index (χ4n) is 2.95. The maximum Gasteiger partial charge on any atom is 0.138 e. The zero-order chi connectivity index (χ0) is 16.2. The van der Waals surface area contributed by atoms with Crippen LogP contribution in [0.1, 0.15) is 11.1 Å². The van der Waals surface area contributed by atoms with E-state index in [1.807, 2.05) is 42.5 Å². The van der Waals surface area contributed by atoms with Crippen LogP contribution in [0.5, 0.6) is 0 Å². The van der Waals surface area contributed by atoms with Crippen LogP contribution in [0.2, 0.25) is 0 Å². The molecule has 1 nitrogen and oxygen atoms in total. The fraction of sp³-hybridized carbons (Fsp3) is 0.0435. The fourth-order valence-corrected chi connectivity index (χ4v) is 2.95. The van der Waals surface area contributed by atoms with Gasteiger partial charge in [-0.2, -0.15) is 0 Å². The third-order valence-corrected chi connectivity index (χ3v) is 4.14. The van der Waals surface area contributed by atoms with Crippen LogP contribution >= 0.6 is 0 Å². The second kappa shape index (κ2) is 6.59. The molecule has 1 heterocycles. The van der Waals surface area contributed by atoms with Crippen LogP contribution in [-0.4, -0.2) is 0 Å². The Morgan fingerprint density at radius 1 is 0.583 bits per heavy atom. The minimum atomic E-state index is 0.863. The molecule has 0 bridgehead atoms. The van der Waals surface area contributed by atoms with E-state index in [4.69, 9.17) is 4.42 Å². The first-order chi connectivity index (χ1) is 11.9. The van der Waals surface area contributed by atoms with E-state index in [9.17, 15) is 0 Å². The molecule has 0 radical (unpaired) electrons. The van der Waals surface area contributed by atoms with E-state index >= 15 is 0 Å². The lowest BCUT2D eigenvalue weighted by atomic mass is 10.0. The highest BCUT2D eigenvalue weighted by Crippen LogP contribution is 2.33. The molecule has 1 heteroatoms. The molecule has 0 aliphatic carbocycles. The normalized spacial score (nSPS) is 10.7. The maximum atomic E-state index is 6.26. The van der Waals surface area contributed by atoms with Gasteiger partial charge in [0.2, 0.25) is 0 Å². The number of furan rings is 1. The van der Waals surface area contributed by atoms with E-state index in [0.717, 1.165) is 29.1 Å². The molecule has 24 heavy (non-hydrogen) atoms. The standard InChI is InChI=1S/C23H18O/c1-4-10-18(11-5-1)16-21-17-22(19-12-6-2-7-13-19)24-23(21)20-14-8-3-9-15-20/h1-15,17H,16H2. The zero-order valence-corrected chi connectivity index (χ0v) is 13.4. The van der Waals surface area contributed by atoms with Crippen LogP contribution in [0.4, 0.5) is 0 Å². The summed E-state index contributed by atoms with van der Waals surface area (Å²) in [5.74, 6) is 1.87. The van der Waals surface area contributed by atoms with Gasteiger partial charge in [0, 0.05) is 23.1 Å². The van der Waals surface area contributed by atoms with Crippen LogP contribution in [0.25, 0.3) is 22.6 Å². The zero-order valence-electron chi connectivity index (χ0n) is 13.4. The molecule has 0 saturated heterocycles. The van der Waals surface area contributed by atoms with Crippen LogP contribution in [-0.2, 0) is 6.42 Å². The van der Waals surface area contributed by atoms with Crippen LogP contribution in [0, 0.1) is 0 Å². The topological polar surface area (TPSA) is 13.1 Å². The lowest BCUT2D eigenvalue weighted by Crippen LogP contribution is -1.88. The number of rotatable bonds is 4. The molecule has 0 aliphatic rings. The summed E-state index contributed by atoms with van der Waals surface area (Å²) in [6.45, 7) is 0. The molecule has 0 fully saturated rings. The van der Waals surface area contributed by atoms with Gasteiger partial charge in [0.15, 0.2) is 0 Å². The molecule has 4 rings (SSSR count). The average molecular weight is 310 g/mol. The highest BCUT2D eigenvalue weighted by atomic mass is 16.3. The summed E-state index contributed by atoms with van der Waals surface area (Å²) in [5, 5.41) is 0. The van der Waals surface area contributed by atoms with Gasteiger partial charge in [-0.15, -0.1) is 0 Å². The maximum absolute atomic E-state index is 6.26. The molecular weight excluding hydrogens is 292 g/mol. The molecule has 116 valence electrons. The van der Waals surface area contributed by atoms with E-state index in [2.05, 4.69) is 54.6 Å². The van der Waals surface area contributed by atoms with E-state index in [1.165, 1.54) is 11.1 Å². The minimum absolute atomic E-state index is 0.863. The molecule has 0 saturated carbocycles. The quantitative estimate of drug-likeness (QED) is 0.437. The second-order valence-corrected chi connectivity index (χ2v) is 5.86. The van der Waals surface area contributed by atoms with Gasteiger partial charge in [0.1, 0.15) is 11.5 Å². The van der Waals surface area contributed by atoms with Gasteiger partial charge < -0.3 is 4.42 Å². The van der Waals surface area contributed by atoms with Crippen molar-refractivity contribution in [2.24, 2.45) is 0 Å². The van der Waals surface area contributed by atoms with Crippen molar-refractivity contribution in [3.05, 3.63) is 108 Å². The van der Waals surface area contributed by atoms with Gasteiger partial charge in [-0.05, 0) is 11.6 Å². The van der Waals surface area contributed by atoms with E-state index in [-0.39, 0.29) is 0 Å². The average Bonchev–Trinajstić information content (AvgIpc) is 3.08. The second-order valence-electron chi connectivity index (χ2n) is 5.86. The minimum Gasteiger partial charge on any atom is -0.456 e. The predicted molar refractivity (Wildman–Crippen MR) is 98.8 cm³/mol. The summed E-state index contributed by atoms with van der Waals surface area (Å²) in [7, 11) is 0. The monoisotopic (exact) mass is 310 g/mol. The molecular formula is C23H18O. The molecule has 3 aromatic carbocycles. The van der Waals surface area contributed by atoms with Crippen molar-refractivity contribution < 1.29 is 4.42 Å². The van der Waals surface area contributed by atoms with Crippen molar-refractivity contribution in [2.45, 2.75) is 6.42 Å². The number of benzene rings is 3. The molecule has 0 unspecified atom stereocenters. The van der Waals surface area contributed by atoms with Crippen molar-refractivity contribution >= 4 is 0 Å². The van der Waals surface area contributed by atoms with Gasteiger partial charge in [0.25, 0.3) is 0 Å². The van der Waals surface area contributed by atoms with E-state index in [1.54, 1.807) is 0 Å². The third kappa shape index (κ3) is 3.02. The van der Waals surface area contributed by atoms with E-state index in [0.29, 0.717) is 0 Å². The first kappa shape index (κ1) is 14.5. The van der Waals surface area contributed by atoms with Crippen molar-refractivity contribution in [1.29, 1.82) is 0 Å². The van der Waals surface area contributed by atoms with Crippen molar-refractivity contribution in [3.63, 3.8) is 0 Å². The third-order valence-electron chi connectivity index (χ3n) is 4.14. The SMILES string of the molecule is c1ccc(Cc2cc(-c3ccccc3)oc2-c2ccccc2)cc1. The van der Waals surface area contributed by atoms with Crippen molar-refractivity contribution in [1.82, 2.24) is 0 Å². The number of hydrogen-bond donors (Lipinski definition) is 0. The van der Waals surface area contributed by atoms with Gasteiger partial charge in [-0.3, -0.25) is 0 Å². The molecule has 0 atom stereocenters. The molecule has 1 aromatic heterocycles. The van der Waals surface area contributed by atoms with Gasteiger partial charge in [-0.25, -0.2) is 0 Å². The van der Waals surface area contributed by atoms with Gasteiger partial charge >= 0.3 is 0 Å². The van der Waals surface area contributed by atoms with E-state index < -0.39 is 0 Å². The smallest absolute Gasteiger partial charge is 0.138 e. The Labute approximate surface area is 142 Å². The largest absolute Gasteiger partial charge is 0.456 e. The van der Waals surface area contributed by atoms with Gasteiger partial charge in [-0.1, -0.05) is 91.0 Å². The molecule has 0 amide bonds. The van der Waals surface area contributed by atoms with Crippen LogP contribution in [0.3, 0.4) is 0 Å². The first-order valence-electron chi connectivity index (χ1n) is 8.17. The Balaban J connectivity index is 1.80. The summed E-state index contributed by atoms with van der Waals surface area (Å²) in [4.78, 5) is 0. The van der Waals surface area contributed by atoms with Gasteiger partial charge in [0.05, 0.1) is 0 Å². The summed E-state index contributed by atoms with van der Waals surface area (Å²) < 4.78 is 6.26. The Hall–Kier alpha value is -3.06. The highest BCUT2D eigenvalue weighted by Gasteiger charge is 2.14.